The van der Waals surface area contributed by atoms with Crippen LogP contribution in [0.15, 0.2) is 24.3 Å². The van der Waals surface area contributed by atoms with Gasteiger partial charge in [-0.1, -0.05) is 18.2 Å². The first-order chi connectivity index (χ1) is 8.27. The molecule has 0 aromatic heterocycles. The van der Waals surface area contributed by atoms with Gasteiger partial charge >= 0.3 is 6.03 Å². The topological polar surface area (TPSA) is 35.6 Å². The van der Waals surface area contributed by atoms with Gasteiger partial charge in [0.1, 0.15) is 0 Å². The first-order valence-corrected chi connectivity index (χ1v) is 6.12. The smallest absolute Gasteiger partial charge is 0.317 e. The van der Waals surface area contributed by atoms with Crippen LogP contribution in [0.1, 0.15) is 5.56 Å². The summed E-state index contributed by atoms with van der Waals surface area (Å²) in [7, 11) is 0. The second kappa shape index (κ2) is 4.04. The van der Waals surface area contributed by atoms with Gasteiger partial charge < -0.3 is 10.2 Å². The second-order valence-electron chi connectivity index (χ2n) is 4.73. The summed E-state index contributed by atoms with van der Waals surface area (Å²) >= 11 is 0. The monoisotopic (exact) mass is 231 g/mol. The van der Waals surface area contributed by atoms with Crippen LogP contribution >= 0.6 is 0 Å². The molecule has 4 heteroatoms. The molecule has 0 bridgehead atoms. The van der Waals surface area contributed by atoms with E-state index in [1.165, 1.54) is 0 Å². The molecule has 0 spiro atoms. The third kappa shape index (κ3) is 1.69. The Hall–Kier alpha value is -1.55. The van der Waals surface area contributed by atoms with E-state index in [9.17, 15) is 4.79 Å². The van der Waals surface area contributed by atoms with Gasteiger partial charge in [-0.05, 0) is 18.6 Å². The highest BCUT2D eigenvalue weighted by Crippen LogP contribution is 2.27. The molecule has 2 aliphatic heterocycles. The zero-order chi connectivity index (χ0) is 11.8. The van der Waals surface area contributed by atoms with Gasteiger partial charge in [0, 0.05) is 31.9 Å². The van der Waals surface area contributed by atoms with E-state index in [0.29, 0.717) is 6.04 Å². The van der Waals surface area contributed by atoms with Crippen molar-refractivity contribution in [2.45, 2.75) is 13.0 Å². The molecular weight excluding hydrogens is 214 g/mol. The maximum Gasteiger partial charge on any atom is 0.324 e. The molecule has 1 atom stereocenters. The number of hydrogen-bond acceptors (Lipinski definition) is 2. The van der Waals surface area contributed by atoms with Crippen molar-refractivity contribution >= 4 is 11.7 Å². The Morgan fingerprint density at radius 1 is 1.35 bits per heavy atom. The highest BCUT2D eigenvalue weighted by atomic mass is 16.2. The van der Waals surface area contributed by atoms with E-state index in [0.717, 1.165) is 37.4 Å². The lowest BCUT2D eigenvalue weighted by molar-refractivity contribution is 0.193. The van der Waals surface area contributed by atoms with E-state index in [1.807, 2.05) is 28.0 Å². The minimum Gasteiger partial charge on any atom is -0.317 e. The number of rotatable bonds is 1. The number of para-hydroxylation sites is 1. The number of hydrogen-bond donors (Lipinski definition) is 1. The first kappa shape index (κ1) is 10.6. The summed E-state index contributed by atoms with van der Waals surface area (Å²) in [5, 5.41) is 3.34. The number of benzene rings is 1. The lowest BCUT2D eigenvalue weighted by Crippen LogP contribution is -2.49. The standard InChI is InChI=1S/C13H17N3O/c1-10-4-2-3-5-12(10)16-9-11-8-14-6-7-15(11)13(16)17/h2-5,11,14H,6-9H2,1H3. The molecule has 2 amide bonds. The van der Waals surface area contributed by atoms with Crippen molar-refractivity contribution in [1.29, 1.82) is 0 Å². The van der Waals surface area contributed by atoms with E-state index in [1.54, 1.807) is 0 Å². The zero-order valence-corrected chi connectivity index (χ0v) is 10.0. The summed E-state index contributed by atoms with van der Waals surface area (Å²) in [5.74, 6) is 0. The fourth-order valence-electron chi connectivity index (χ4n) is 2.69. The fourth-order valence-corrected chi connectivity index (χ4v) is 2.69. The normalized spacial score (nSPS) is 24.1. The molecule has 1 unspecified atom stereocenters. The van der Waals surface area contributed by atoms with E-state index in [2.05, 4.69) is 18.3 Å². The second-order valence-corrected chi connectivity index (χ2v) is 4.73. The molecule has 17 heavy (non-hydrogen) atoms. The SMILES string of the molecule is Cc1ccccc1N1CC2CNCCN2C1=O. The van der Waals surface area contributed by atoms with Crippen molar-refractivity contribution in [3.63, 3.8) is 0 Å². The van der Waals surface area contributed by atoms with Crippen molar-refractivity contribution in [3.05, 3.63) is 29.8 Å². The maximum absolute atomic E-state index is 12.3. The zero-order valence-electron chi connectivity index (χ0n) is 10.0. The Morgan fingerprint density at radius 3 is 2.94 bits per heavy atom. The summed E-state index contributed by atoms with van der Waals surface area (Å²) in [6.45, 7) is 5.50. The predicted molar refractivity (Wildman–Crippen MR) is 67.3 cm³/mol. The molecule has 4 nitrogen and oxygen atoms in total. The molecule has 1 N–H and O–H groups in total. The quantitative estimate of drug-likeness (QED) is 0.788. The van der Waals surface area contributed by atoms with Crippen LogP contribution in [0.2, 0.25) is 0 Å². The largest absolute Gasteiger partial charge is 0.324 e. The van der Waals surface area contributed by atoms with Crippen molar-refractivity contribution in [2.24, 2.45) is 0 Å². The number of anilines is 1. The molecule has 2 aliphatic rings. The number of fused-ring (bicyclic) bond motifs is 1. The molecule has 90 valence electrons. The number of urea groups is 1. The van der Waals surface area contributed by atoms with E-state index in [4.69, 9.17) is 0 Å². The van der Waals surface area contributed by atoms with Crippen molar-refractivity contribution in [1.82, 2.24) is 10.2 Å². The average molecular weight is 231 g/mol. The number of amides is 2. The minimum absolute atomic E-state index is 0.158. The minimum atomic E-state index is 0.158. The number of aryl methyl sites for hydroxylation is 1. The molecular formula is C13H17N3O. The van der Waals surface area contributed by atoms with Crippen molar-refractivity contribution in [2.75, 3.05) is 31.1 Å². The lowest BCUT2D eigenvalue weighted by atomic mass is 10.2. The van der Waals surface area contributed by atoms with Gasteiger partial charge in [0.2, 0.25) is 0 Å². The molecule has 2 fully saturated rings. The van der Waals surface area contributed by atoms with Crippen LogP contribution in [0.25, 0.3) is 0 Å². The Bertz CT molecular complexity index is 446. The third-order valence-electron chi connectivity index (χ3n) is 3.63. The number of nitrogens with one attached hydrogen (secondary N) is 1. The summed E-state index contributed by atoms with van der Waals surface area (Å²) in [6, 6.07) is 8.57. The molecule has 2 heterocycles. The van der Waals surface area contributed by atoms with E-state index < -0.39 is 0 Å². The first-order valence-electron chi connectivity index (χ1n) is 6.12. The van der Waals surface area contributed by atoms with Crippen molar-refractivity contribution < 1.29 is 4.79 Å². The number of nitrogens with zero attached hydrogens (tertiary/aromatic N) is 2. The van der Waals surface area contributed by atoms with E-state index >= 15 is 0 Å². The van der Waals surface area contributed by atoms with Gasteiger partial charge in [0.25, 0.3) is 0 Å². The summed E-state index contributed by atoms with van der Waals surface area (Å²) in [4.78, 5) is 16.2. The number of piperazine rings is 1. The van der Waals surface area contributed by atoms with Gasteiger partial charge in [-0.15, -0.1) is 0 Å². The summed E-state index contributed by atoms with van der Waals surface area (Å²) in [6.07, 6.45) is 0. The van der Waals surface area contributed by atoms with Gasteiger partial charge in [-0.2, -0.15) is 0 Å². The van der Waals surface area contributed by atoms with Gasteiger partial charge in [-0.25, -0.2) is 4.79 Å². The molecule has 0 saturated carbocycles. The van der Waals surface area contributed by atoms with Crippen LogP contribution in [0.4, 0.5) is 10.5 Å². The molecule has 1 aromatic carbocycles. The van der Waals surface area contributed by atoms with Crippen LogP contribution in [-0.2, 0) is 0 Å². The Kier molecular flexibility index (Phi) is 2.52. The van der Waals surface area contributed by atoms with E-state index in [-0.39, 0.29) is 6.03 Å². The number of carbonyl (C=O) groups excluding carboxylic acids is 1. The lowest BCUT2D eigenvalue weighted by Gasteiger charge is -2.28. The van der Waals surface area contributed by atoms with Gasteiger partial charge in [0.05, 0.1) is 6.04 Å². The molecule has 2 saturated heterocycles. The molecule has 3 rings (SSSR count). The number of carbonyl (C=O) groups is 1. The van der Waals surface area contributed by atoms with Gasteiger partial charge in [0.15, 0.2) is 0 Å². The predicted octanol–water partition coefficient (Wildman–Crippen LogP) is 1.21. The Balaban J connectivity index is 1.90. The van der Waals surface area contributed by atoms with Crippen LogP contribution < -0.4 is 10.2 Å². The van der Waals surface area contributed by atoms with Crippen LogP contribution in [0.5, 0.6) is 0 Å². The molecule has 0 aliphatic carbocycles. The molecule has 0 radical (unpaired) electrons. The highest BCUT2D eigenvalue weighted by Gasteiger charge is 2.39. The van der Waals surface area contributed by atoms with Crippen molar-refractivity contribution in [3.8, 4) is 0 Å². The van der Waals surface area contributed by atoms with Crippen LogP contribution in [0, 0.1) is 6.92 Å². The summed E-state index contributed by atoms with van der Waals surface area (Å²) in [5.41, 5.74) is 2.21. The fraction of sp³-hybridized carbons (Fsp3) is 0.462. The third-order valence-corrected chi connectivity index (χ3v) is 3.63. The Labute approximate surface area is 101 Å². The highest BCUT2D eigenvalue weighted by molar-refractivity contribution is 5.95. The van der Waals surface area contributed by atoms with Gasteiger partial charge in [-0.3, -0.25) is 4.90 Å². The maximum atomic E-state index is 12.3. The van der Waals surface area contributed by atoms with Crippen LogP contribution in [0.3, 0.4) is 0 Å². The summed E-state index contributed by atoms with van der Waals surface area (Å²) < 4.78 is 0. The average Bonchev–Trinajstić information content (AvgIpc) is 2.68. The van der Waals surface area contributed by atoms with Crippen LogP contribution in [-0.4, -0.2) is 43.2 Å². The molecule has 1 aromatic rings. The Morgan fingerprint density at radius 2 is 2.18 bits per heavy atom.